The molecule has 0 aliphatic rings. The smallest absolute Gasteiger partial charge is 0.0681 e. The molecule has 0 aliphatic heterocycles. The number of hydrogen-bond acceptors (Lipinski definition) is 2. The lowest BCUT2D eigenvalue weighted by Gasteiger charge is -1.93. The highest BCUT2D eigenvalue weighted by molar-refractivity contribution is 6.36. The molecule has 2 aromatic rings. The minimum Gasteiger partial charge on any atom is -0.397 e. The zero-order valence-electron chi connectivity index (χ0n) is 5.63. The molecule has 56 valence electrons. The molecule has 0 amide bonds. The third-order valence-corrected chi connectivity index (χ3v) is 1.87. The van der Waals surface area contributed by atoms with E-state index in [1.54, 1.807) is 18.6 Å². The van der Waals surface area contributed by atoms with Gasteiger partial charge in [-0.05, 0) is 0 Å². The number of rotatable bonds is 0. The molecule has 11 heavy (non-hydrogen) atoms. The molecule has 0 aliphatic carbocycles. The van der Waals surface area contributed by atoms with Gasteiger partial charge in [-0.3, -0.25) is 4.98 Å². The maximum absolute atomic E-state index is 5.84. The monoisotopic (exact) mass is 167 g/mol. The summed E-state index contributed by atoms with van der Waals surface area (Å²) < 4.78 is 0. The average Bonchev–Trinajstić information content (AvgIpc) is 2.34. The summed E-state index contributed by atoms with van der Waals surface area (Å²) in [7, 11) is 0. The number of fused-ring (bicyclic) bond motifs is 1. The van der Waals surface area contributed by atoms with Gasteiger partial charge in [-0.15, -0.1) is 0 Å². The number of nitrogens with two attached hydrogens (primary N) is 1. The quantitative estimate of drug-likeness (QED) is 0.629. The Kier molecular flexibility index (Phi) is 1.26. The second-order valence-electron chi connectivity index (χ2n) is 2.29. The molecule has 0 unspecified atom stereocenters. The third-order valence-electron chi connectivity index (χ3n) is 1.57. The van der Waals surface area contributed by atoms with E-state index in [1.807, 2.05) is 0 Å². The van der Waals surface area contributed by atoms with E-state index in [2.05, 4.69) is 9.97 Å². The summed E-state index contributed by atoms with van der Waals surface area (Å²) in [6.45, 7) is 0. The molecule has 0 radical (unpaired) electrons. The molecule has 0 saturated heterocycles. The van der Waals surface area contributed by atoms with Crippen LogP contribution < -0.4 is 5.73 Å². The Morgan fingerprint density at radius 1 is 1.45 bits per heavy atom. The number of pyridine rings is 1. The fraction of sp³-hybridized carbons (Fsp3) is 0. The fourth-order valence-corrected chi connectivity index (χ4v) is 1.33. The van der Waals surface area contributed by atoms with Crippen molar-refractivity contribution in [3.8, 4) is 0 Å². The van der Waals surface area contributed by atoms with Crippen LogP contribution in [-0.2, 0) is 0 Å². The number of aromatic amines is 1. The first-order valence-electron chi connectivity index (χ1n) is 3.15. The molecule has 0 aromatic carbocycles. The van der Waals surface area contributed by atoms with Gasteiger partial charge in [0.05, 0.1) is 28.6 Å². The number of halogens is 1. The Bertz CT molecular complexity index is 393. The van der Waals surface area contributed by atoms with Crippen molar-refractivity contribution in [3.05, 3.63) is 23.6 Å². The zero-order chi connectivity index (χ0) is 7.84. The van der Waals surface area contributed by atoms with E-state index in [4.69, 9.17) is 17.3 Å². The van der Waals surface area contributed by atoms with Crippen LogP contribution in [0.5, 0.6) is 0 Å². The van der Waals surface area contributed by atoms with E-state index in [0.29, 0.717) is 10.7 Å². The normalized spacial score (nSPS) is 10.6. The maximum Gasteiger partial charge on any atom is 0.0681 e. The topological polar surface area (TPSA) is 54.7 Å². The standard InChI is InChI=1S/C7H6ClN3/c8-4-1-11-6-3-10-2-5(9)7(4)6/h1-3,11H,9H2. The van der Waals surface area contributed by atoms with Crippen LogP contribution in [0.3, 0.4) is 0 Å². The van der Waals surface area contributed by atoms with Crippen molar-refractivity contribution in [1.29, 1.82) is 0 Å². The second-order valence-corrected chi connectivity index (χ2v) is 2.70. The van der Waals surface area contributed by atoms with E-state index in [9.17, 15) is 0 Å². The van der Waals surface area contributed by atoms with Crippen LogP contribution in [-0.4, -0.2) is 9.97 Å². The molecular formula is C7H6ClN3. The summed E-state index contributed by atoms with van der Waals surface area (Å²) in [4.78, 5) is 6.87. The fourth-order valence-electron chi connectivity index (χ4n) is 1.07. The number of nitrogens with one attached hydrogen (secondary N) is 1. The van der Waals surface area contributed by atoms with Crippen LogP contribution in [0.4, 0.5) is 5.69 Å². The van der Waals surface area contributed by atoms with E-state index >= 15 is 0 Å². The van der Waals surface area contributed by atoms with Crippen molar-refractivity contribution in [2.75, 3.05) is 5.73 Å². The first-order chi connectivity index (χ1) is 5.29. The number of anilines is 1. The summed E-state index contributed by atoms with van der Waals surface area (Å²) in [6.07, 6.45) is 4.98. The number of hydrogen-bond donors (Lipinski definition) is 2. The number of aromatic nitrogens is 2. The van der Waals surface area contributed by atoms with Gasteiger partial charge in [-0.1, -0.05) is 11.6 Å². The van der Waals surface area contributed by atoms with Crippen molar-refractivity contribution in [2.24, 2.45) is 0 Å². The Labute approximate surface area is 68.2 Å². The van der Waals surface area contributed by atoms with Crippen LogP contribution in [0.1, 0.15) is 0 Å². The molecule has 2 heterocycles. The first-order valence-corrected chi connectivity index (χ1v) is 3.53. The number of nitrogens with zero attached hydrogens (tertiary/aromatic N) is 1. The highest BCUT2D eigenvalue weighted by atomic mass is 35.5. The van der Waals surface area contributed by atoms with Crippen molar-refractivity contribution in [2.45, 2.75) is 0 Å². The van der Waals surface area contributed by atoms with Gasteiger partial charge in [0.2, 0.25) is 0 Å². The lowest BCUT2D eigenvalue weighted by molar-refractivity contribution is 1.34. The van der Waals surface area contributed by atoms with Gasteiger partial charge >= 0.3 is 0 Å². The zero-order valence-corrected chi connectivity index (χ0v) is 6.39. The lowest BCUT2D eigenvalue weighted by Crippen LogP contribution is -1.86. The first kappa shape index (κ1) is 6.49. The molecule has 3 nitrogen and oxygen atoms in total. The maximum atomic E-state index is 5.84. The molecule has 4 heteroatoms. The number of nitrogen functional groups attached to an aromatic ring is 1. The minimum atomic E-state index is 0.605. The largest absolute Gasteiger partial charge is 0.397 e. The molecule has 0 spiro atoms. The molecule has 2 aromatic heterocycles. The van der Waals surface area contributed by atoms with Gasteiger partial charge in [0.15, 0.2) is 0 Å². The summed E-state index contributed by atoms with van der Waals surface area (Å²) in [5.41, 5.74) is 7.11. The highest BCUT2D eigenvalue weighted by Gasteiger charge is 2.03. The van der Waals surface area contributed by atoms with Crippen molar-refractivity contribution >= 4 is 28.2 Å². The van der Waals surface area contributed by atoms with Gasteiger partial charge in [0.25, 0.3) is 0 Å². The summed E-state index contributed by atoms with van der Waals surface area (Å²) in [5.74, 6) is 0. The summed E-state index contributed by atoms with van der Waals surface area (Å²) in [6, 6.07) is 0. The van der Waals surface area contributed by atoms with Crippen LogP contribution in [0.2, 0.25) is 5.02 Å². The van der Waals surface area contributed by atoms with Crippen LogP contribution >= 0.6 is 11.6 Å². The Balaban J connectivity index is 2.96. The third kappa shape index (κ3) is 0.851. The lowest BCUT2D eigenvalue weighted by atomic mass is 10.3. The SMILES string of the molecule is Nc1cncc2[nH]cc(Cl)c12. The molecule has 3 N–H and O–H groups in total. The predicted molar refractivity (Wildman–Crippen MR) is 45.5 cm³/mol. The minimum absolute atomic E-state index is 0.605. The molecular weight excluding hydrogens is 162 g/mol. The van der Waals surface area contributed by atoms with Crippen LogP contribution in [0.15, 0.2) is 18.6 Å². The van der Waals surface area contributed by atoms with Gasteiger partial charge in [-0.25, -0.2) is 0 Å². The van der Waals surface area contributed by atoms with Crippen LogP contribution in [0, 0.1) is 0 Å². The van der Waals surface area contributed by atoms with Gasteiger partial charge < -0.3 is 10.7 Å². The Hall–Kier alpha value is -1.22. The molecule has 0 bridgehead atoms. The van der Waals surface area contributed by atoms with Gasteiger partial charge in [0.1, 0.15) is 0 Å². The molecule has 0 saturated carbocycles. The van der Waals surface area contributed by atoms with Crippen molar-refractivity contribution < 1.29 is 0 Å². The summed E-state index contributed by atoms with van der Waals surface area (Å²) >= 11 is 5.84. The van der Waals surface area contributed by atoms with Crippen LogP contribution in [0.25, 0.3) is 10.9 Å². The van der Waals surface area contributed by atoms with E-state index in [0.717, 1.165) is 10.9 Å². The summed E-state index contributed by atoms with van der Waals surface area (Å²) in [5, 5.41) is 1.49. The molecule has 0 fully saturated rings. The van der Waals surface area contributed by atoms with E-state index < -0.39 is 0 Å². The predicted octanol–water partition coefficient (Wildman–Crippen LogP) is 1.80. The Morgan fingerprint density at radius 2 is 2.27 bits per heavy atom. The molecule has 0 atom stereocenters. The molecule has 2 rings (SSSR count). The van der Waals surface area contributed by atoms with Crippen molar-refractivity contribution in [3.63, 3.8) is 0 Å². The van der Waals surface area contributed by atoms with E-state index in [1.165, 1.54) is 0 Å². The Morgan fingerprint density at radius 3 is 3.00 bits per heavy atom. The van der Waals surface area contributed by atoms with E-state index in [-0.39, 0.29) is 0 Å². The second kappa shape index (κ2) is 2.13. The average molecular weight is 168 g/mol. The van der Waals surface area contributed by atoms with Gasteiger partial charge in [-0.2, -0.15) is 0 Å². The van der Waals surface area contributed by atoms with Crippen molar-refractivity contribution in [1.82, 2.24) is 9.97 Å². The van der Waals surface area contributed by atoms with Gasteiger partial charge in [0, 0.05) is 11.6 Å². The highest BCUT2D eigenvalue weighted by Crippen LogP contribution is 2.26. The number of H-pyrrole nitrogens is 1.